The fourth-order valence-corrected chi connectivity index (χ4v) is 4.40. The van der Waals surface area contributed by atoms with Crippen molar-refractivity contribution in [3.05, 3.63) is 83.4 Å². The van der Waals surface area contributed by atoms with E-state index in [2.05, 4.69) is 17.4 Å². The number of rotatable bonds is 9. The third kappa shape index (κ3) is 4.83. The monoisotopic (exact) mass is 461 g/mol. The molecule has 0 heterocycles. The highest BCUT2D eigenvalue weighted by Gasteiger charge is 2.29. The van der Waals surface area contributed by atoms with Crippen LogP contribution < -0.4 is 14.8 Å². The zero-order valence-corrected chi connectivity index (χ0v) is 19.1. The van der Waals surface area contributed by atoms with Crippen LogP contribution in [-0.2, 0) is 16.0 Å². The van der Waals surface area contributed by atoms with Crippen molar-refractivity contribution >= 4 is 12.1 Å². The maximum absolute atomic E-state index is 12.5. The molecule has 1 amide bonds. The Morgan fingerprint density at radius 1 is 0.941 bits per heavy atom. The molecule has 34 heavy (non-hydrogen) atoms. The van der Waals surface area contributed by atoms with Crippen LogP contribution in [0.2, 0.25) is 0 Å². The van der Waals surface area contributed by atoms with Crippen molar-refractivity contribution in [3.63, 3.8) is 0 Å². The number of hydrogen-bond donors (Lipinski definition) is 2. The number of aliphatic carboxylic acids is 1. The molecule has 0 saturated heterocycles. The lowest BCUT2D eigenvalue weighted by Crippen LogP contribution is -2.41. The first-order chi connectivity index (χ1) is 16.5. The van der Waals surface area contributed by atoms with Gasteiger partial charge in [-0.05, 0) is 46.7 Å². The molecule has 0 fully saturated rings. The standard InChI is InChI=1S/C27H27NO6/c1-32-18-13-11-17(25(15-18)33-2)12-14-24(26(29)30)28-27(31)34-16-23-21-9-5-3-7-19(21)20-8-4-6-10-22(20)23/h3-11,13,15,23-24H,12,14,16H2,1-2H3,(H,28,31)(H,29,30). The molecular formula is C27H27NO6. The fourth-order valence-electron chi connectivity index (χ4n) is 4.40. The van der Waals surface area contributed by atoms with Gasteiger partial charge in [0.25, 0.3) is 0 Å². The van der Waals surface area contributed by atoms with Crippen molar-refractivity contribution in [1.29, 1.82) is 0 Å². The second-order valence-corrected chi connectivity index (χ2v) is 8.08. The van der Waals surface area contributed by atoms with Crippen molar-refractivity contribution in [2.75, 3.05) is 20.8 Å². The predicted octanol–water partition coefficient (Wildman–Crippen LogP) is 4.63. The molecule has 0 radical (unpaired) electrons. The molecule has 1 aliphatic rings. The van der Waals surface area contributed by atoms with E-state index in [9.17, 15) is 14.7 Å². The molecule has 1 atom stereocenters. The van der Waals surface area contributed by atoms with Gasteiger partial charge < -0.3 is 24.6 Å². The minimum atomic E-state index is -1.12. The van der Waals surface area contributed by atoms with E-state index in [1.165, 1.54) is 0 Å². The quantitative estimate of drug-likeness (QED) is 0.483. The summed E-state index contributed by atoms with van der Waals surface area (Å²) in [7, 11) is 3.11. The Balaban J connectivity index is 1.38. The van der Waals surface area contributed by atoms with Gasteiger partial charge in [-0.25, -0.2) is 9.59 Å². The fraction of sp³-hybridized carbons (Fsp3) is 0.259. The SMILES string of the molecule is COc1ccc(CCC(NC(=O)OCC2c3ccccc3-c3ccccc32)C(=O)O)c(OC)c1. The summed E-state index contributed by atoms with van der Waals surface area (Å²) in [6.07, 6.45) is -0.174. The molecule has 4 rings (SSSR count). The second-order valence-electron chi connectivity index (χ2n) is 8.08. The molecule has 1 aliphatic carbocycles. The number of aryl methyl sites for hydroxylation is 1. The first-order valence-electron chi connectivity index (χ1n) is 11.1. The topological polar surface area (TPSA) is 94.1 Å². The highest BCUT2D eigenvalue weighted by atomic mass is 16.5. The van der Waals surface area contributed by atoms with Gasteiger partial charge in [0.15, 0.2) is 0 Å². The lowest BCUT2D eigenvalue weighted by atomic mass is 9.98. The summed E-state index contributed by atoms with van der Waals surface area (Å²) in [5.41, 5.74) is 5.27. The summed E-state index contributed by atoms with van der Waals surface area (Å²) in [6, 6.07) is 20.3. The van der Waals surface area contributed by atoms with E-state index in [-0.39, 0.29) is 18.9 Å². The summed E-state index contributed by atoms with van der Waals surface area (Å²) in [6.45, 7) is 0.124. The van der Waals surface area contributed by atoms with Gasteiger partial charge in [-0.2, -0.15) is 0 Å². The highest BCUT2D eigenvalue weighted by Crippen LogP contribution is 2.44. The molecule has 3 aromatic carbocycles. The average Bonchev–Trinajstić information content (AvgIpc) is 3.18. The molecule has 176 valence electrons. The number of amides is 1. The van der Waals surface area contributed by atoms with Gasteiger partial charge in [0, 0.05) is 12.0 Å². The zero-order chi connectivity index (χ0) is 24.1. The molecule has 7 heteroatoms. The Labute approximate surface area is 198 Å². The molecule has 0 aliphatic heterocycles. The van der Waals surface area contributed by atoms with Gasteiger partial charge >= 0.3 is 12.1 Å². The van der Waals surface area contributed by atoms with E-state index in [0.717, 1.165) is 27.8 Å². The first-order valence-corrected chi connectivity index (χ1v) is 11.1. The van der Waals surface area contributed by atoms with Crippen LogP contribution in [0.3, 0.4) is 0 Å². The lowest BCUT2D eigenvalue weighted by molar-refractivity contribution is -0.139. The van der Waals surface area contributed by atoms with Crippen molar-refractivity contribution < 1.29 is 28.9 Å². The highest BCUT2D eigenvalue weighted by molar-refractivity contribution is 5.81. The number of carboxylic acid groups (broad SMARTS) is 1. The maximum atomic E-state index is 12.5. The van der Waals surface area contributed by atoms with Gasteiger partial charge in [-0.15, -0.1) is 0 Å². The minimum absolute atomic E-state index is 0.0926. The number of carboxylic acids is 1. The van der Waals surface area contributed by atoms with E-state index >= 15 is 0 Å². The summed E-state index contributed by atoms with van der Waals surface area (Å²) in [4.78, 5) is 24.3. The number of fused-ring (bicyclic) bond motifs is 3. The number of alkyl carbamates (subject to hydrolysis) is 1. The molecule has 7 nitrogen and oxygen atoms in total. The largest absolute Gasteiger partial charge is 0.497 e. The van der Waals surface area contributed by atoms with Crippen LogP contribution in [0.5, 0.6) is 11.5 Å². The predicted molar refractivity (Wildman–Crippen MR) is 127 cm³/mol. The van der Waals surface area contributed by atoms with Crippen LogP contribution in [0.4, 0.5) is 4.79 Å². The van der Waals surface area contributed by atoms with Crippen LogP contribution in [-0.4, -0.2) is 44.0 Å². The Morgan fingerprint density at radius 2 is 1.59 bits per heavy atom. The van der Waals surface area contributed by atoms with Crippen LogP contribution in [0.15, 0.2) is 66.7 Å². The number of carbonyl (C=O) groups is 2. The Bertz CT molecular complexity index is 1150. The van der Waals surface area contributed by atoms with Crippen LogP contribution in [0, 0.1) is 0 Å². The van der Waals surface area contributed by atoms with E-state index < -0.39 is 18.1 Å². The number of methoxy groups -OCH3 is 2. The van der Waals surface area contributed by atoms with Gasteiger partial charge in [-0.3, -0.25) is 0 Å². The molecule has 3 aromatic rings. The summed E-state index contributed by atoms with van der Waals surface area (Å²) < 4.78 is 16.1. The number of ether oxygens (including phenoxy) is 3. The van der Waals surface area contributed by atoms with Gasteiger partial charge in [-0.1, -0.05) is 54.6 Å². The van der Waals surface area contributed by atoms with Gasteiger partial charge in [0.1, 0.15) is 24.1 Å². The molecule has 0 aromatic heterocycles. The van der Waals surface area contributed by atoms with E-state index in [1.807, 2.05) is 42.5 Å². The van der Waals surface area contributed by atoms with Crippen LogP contribution in [0.1, 0.15) is 29.0 Å². The molecular weight excluding hydrogens is 434 g/mol. The Morgan fingerprint density at radius 3 is 2.18 bits per heavy atom. The zero-order valence-electron chi connectivity index (χ0n) is 19.1. The summed E-state index contributed by atoms with van der Waals surface area (Å²) in [5.74, 6) is 0.0303. The Kier molecular flexibility index (Phi) is 7.01. The number of carbonyl (C=O) groups excluding carboxylic acids is 1. The van der Waals surface area contributed by atoms with Crippen molar-refractivity contribution in [1.82, 2.24) is 5.32 Å². The first kappa shape index (κ1) is 23.2. The van der Waals surface area contributed by atoms with Crippen molar-refractivity contribution in [2.24, 2.45) is 0 Å². The molecule has 0 bridgehead atoms. The molecule has 0 spiro atoms. The minimum Gasteiger partial charge on any atom is -0.497 e. The summed E-state index contributed by atoms with van der Waals surface area (Å²) >= 11 is 0. The molecule has 2 N–H and O–H groups in total. The van der Waals surface area contributed by atoms with Crippen molar-refractivity contribution in [2.45, 2.75) is 24.8 Å². The van der Waals surface area contributed by atoms with E-state index in [0.29, 0.717) is 17.9 Å². The number of hydrogen-bond acceptors (Lipinski definition) is 5. The van der Waals surface area contributed by atoms with E-state index in [4.69, 9.17) is 14.2 Å². The number of benzene rings is 3. The van der Waals surface area contributed by atoms with Crippen LogP contribution in [0.25, 0.3) is 11.1 Å². The average molecular weight is 462 g/mol. The molecule has 1 unspecified atom stereocenters. The normalized spacial score (nSPS) is 12.9. The smallest absolute Gasteiger partial charge is 0.407 e. The van der Waals surface area contributed by atoms with Gasteiger partial charge in [0.2, 0.25) is 0 Å². The summed E-state index contributed by atoms with van der Waals surface area (Å²) in [5, 5.41) is 12.1. The second kappa shape index (κ2) is 10.3. The van der Waals surface area contributed by atoms with E-state index in [1.54, 1.807) is 26.4 Å². The Hall–Kier alpha value is -4.00. The molecule has 0 saturated carbocycles. The third-order valence-electron chi connectivity index (χ3n) is 6.13. The van der Waals surface area contributed by atoms with Gasteiger partial charge in [0.05, 0.1) is 14.2 Å². The number of nitrogens with one attached hydrogen (secondary N) is 1. The maximum Gasteiger partial charge on any atom is 0.407 e. The van der Waals surface area contributed by atoms with Crippen LogP contribution >= 0.6 is 0 Å². The van der Waals surface area contributed by atoms with Crippen molar-refractivity contribution in [3.8, 4) is 22.6 Å². The third-order valence-corrected chi connectivity index (χ3v) is 6.13. The lowest BCUT2D eigenvalue weighted by Gasteiger charge is -2.18.